The molecule has 168 valence electrons. The molecular weight excluding hydrogens is 543 g/mol. The molecule has 2 rings (SSSR count). The van der Waals surface area contributed by atoms with Gasteiger partial charge in [-0.05, 0) is 72.4 Å². The molecule has 1 fully saturated rings. The van der Waals surface area contributed by atoms with E-state index in [4.69, 9.17) is 41.5 Å². The number of carboxylic acid groups (broad SMARTS) is 2. The Morgan fingerprint density at radius 1 is 1.10 bits per heavy atom. The summed E-state index contributed by atoms with van der Waals surface area (Å²) < 4.78 is 12.0. The van der Waals surface area contributed by atoms with Crippen molar-refractivity contribution in [2.24, 2.45) is 0 Å². The van der Waals surface area contributed by atoms with Crippen LogP contribution in [0.5, 0.6) is 11.5 Å². The fraction of sp³-hybridized carbons (Fsp3) is 0.316. The van der Waals surface area contributed by atoms with Crippen molar-refractivity contribution in [1.82, 2.24) is 9.80 Å². The maximum atomic E-state index is 12.4. The van der Waals surface area contributed by atoms with Crippen molar-refractivity contribution in [2.75, 3.05) is 21.2 Å². The lowest BCUT2D eigenvalue weighted by molar-refractivity contribution is -0.159. The number of likely N-dealkylation sites (N-methyl/N-ethyl adjacent to an activating group) is 2. The molecular formula is C19H21IN2O8S. The van der Waals surface area contributed by atoms with E-state index in [9.17, 15) is 9.59 Å². The maximum absolute atomic E-state index is 12.4. The van der Waals surface area contributed by atoms with Crippen molar-refractivity contribution in [3.05, 3.63) is 26.8 Å². The fourth-order valence-electron chi connectivity index (χ4n) is 2.31. The van der Waals surface area contributed by atoms with Gasteiger partial charge in [0.1, 0.15) is 5.57 Å². The molecule has 0 atom stereocenters. The number of carboxylic acids is 2. The summed E-state index contributed by atoms with van der Waals surface area (Å²) >= 11 is 7.22. The van der Waals surface area contributed by atoms with E-state index in [0.29, 0.717) is 17.1 Å². The number of benzene rings is 1. The molecule has 0 radical (unpaired) electrons. The van der Waals surface area contributed by atoms with Gasteiger partial charge in [0.05, 0.1) is 16.8 Å². The fourth-order valence-corrected chi connectivity index (χ4v) is 3.23. The van der Waals surface area contributed by atoms with E-state index in [0.717, 1.165) is 3.57 Å². The van der Waals surface area contributed by atoms with Crippen LogP contribution in [0.3, 0.4) is 0 Å². The zero-order valence-electron chi connectivity index (χ0n) is 17.3. The van der Waals surface area contributed by atoms with Crippen LogP contribution in [0.2, 0.25) is 0 Å². The number of halogens is 1. The molecule has 2 N–H and O–H groups in total. The van der Waals surface area contributed by atoms with E-state index < -0.39 is 23.8 Å². The Hall–Kier alpha value is -2.74. The highest BCUT2D eigenvalue weighted by Gasteiger charge is 2.35. The smallest absolute Gasteiger partial charge is 0.414 e. The monoisotopic (exact) mass is 564 g/mol. The second kappa shape index (κ2) is 11.0. The van der Waals surface area contributed by atoms with Crippen LogP contribution in [0.25, 0.3) is 6.08 Å². The molecule has 0 saturated carbocycles. The van der Waals surface area contributed by atoms with E-state index in [-0.39, 0.29) is 16.8 Å². The normalized spacial score (nSPS) is 13.6. The number of ether oxygens (including phenoxy) is 2. The van der Waals surface area contributed by atoms with Crippen LogP contribution in [0.15, 0.2) is 17.7 Å². The van der Waals surface area contributed by atoms with Gasteiger partial charge in [-0.2, -0.15) is 0 Å². The average Bonchev–Trinajstić information content (AvgIpc) is 2.70. The van der Waals surface area contributed by atoms with Crippen LogP contribution in [-0.4, -0.2) is 76.2 Å². The number of amides is 2. The maximum Gasteiger partial charge on any atom is 0.414 e. The molecule has 0 unspecified atom stereocenters. The van der Waals surface area contributed by atoms with Gasteiger partial charge in [0, 0.05) is 14.1 Å². The highest BCUT2D eigenvalue weighted by atomic mass is 127. The number of carbonyl (C=O) groups excluding carboxylic acids is 2. The second-order valence-corrected chi connectivity index (χ2v) is 7.91. The van der Waals surface area contributed by atoms with Gasteiger partial charge < -0.3 is 19.7 Å². The Labute approximate surface area is 197 Å². The predicted molar refractivity (Wildman–Crippen MR) is 123 cm³/mol. The molecule has 0 bridgehead atoms. The van der Waals surface area contributed by atoms with Crippen LogP contribution < -0.4 is 9.47 Å². The molecule has 1 aliphatic heterocycles. The first-order valence-corrected chi connectivity index (χ1v) is 10.1. The number of thiocarbonyl (C=S) groups is 1. The number of aliphatic carboxylic acids is 2. The van der Waals surface area contributed by atoms with Gasteiger partial charge in [0.15, 0.2) is 16.6 Å². The summed E-state index contributed by atoms with van der Waals surface area (Å²) in [5, 5.41) is 15.0. The number of hydrogen-bond donors (Lipinski definition) is 2. The van der Waals surface area contributed by atoms with Crippen LogP contribution in [0, 0.1) is 3.57 Å². The molecule has 1 aliphatic rings. The summed E-state index contributed by atoms with van der Waals surface area (Å²) in [6.07, 6.45) is 1.54. The van der Waals surface area contributed by atoms with E-state index in [2.05, 4.69) is 22.6 Å². The summed E-state index contributed by atoms with van der Waals surface area (Å²) in [5.74, 6) is -3.32. The van der Waals surface area contributed by atoms with E-state index >= 15 is 0 Å². The Morgan fingerprint density at radius 2 is 1.58 bits per heavy atom. The molecule has 0 aliphatic carbocycles. The Kier molecular flexibility index (Phi) is 9.37. The largest absolute Gasteiger partial charge is 0.493 e. The highest BCUT2D eigenvalue weighted by Crippen LogP contribution is 2.35. The summed E-state index contributed by atoms with van der Waals surface area (Å²) in [6.45, 7) is 3.86. The summed E-state index contributed by atoms with van der Waals surface area (Å²) in [7, 11) is 4.64. The molecule has 0 aromatic heterocycles. The third-order valence-corrected chi connectivity index (χ3v) is 5.09. The minimum absolute atomic E-state index is 0.00330. The minimum atomic E-state index is -1.82. The van der Waals surface area contributed by atoms with Crippen molar-refractivity contribution in [1.29, 1.82) is 0 Å². The van der Waals surface area contributed by atoms with Crippen LogP contribution in [0.4, 0.5) is 0 Å². The SMILES string of the molecule is COc1cc(C=C2C(=O)N(C)C(=S)N(C)C2=O)cc(I)c1OC(C)C.O=C(O)C(=O)O. The van der Waals surface area contributed by atoms with Gasteiger partial charge in [-0.1, -0.05) is 0 Å². The summed E-state index contributed by atoms with van der Waals surface area (Å²) in [4.78, 5) is 45.6. The Bertz CT molecular complexity index is 922. The molecule has 31 heavy (non-hydrogen) atoms. The van der Waals surface area contributed by atoms with E-state index in [1.165, 1.54) is 9.80 Å². The van der Waals surface area contributed by atoms with Gasteiger partial charge in [-0.25, -0.2) is 9.59 Å². The molecule has 1 aromatic rings. The average molecular weight is 564 g/mol. The zero-order chi connectivity index (χ0) is 24.0. The van der Waals surface area contributed by atoms with Crippen LogP contribution in [0.1, 0.15) is 19.4 Å². The Morgan fingerprint density at radius 3 is 1.97 bits per heavy atom. The first kappa shape index (κ1) is 26.3. The number of rotatable bonds is 4. The van der Waals surface area contributed by atoms with Crippen LogP contribution in [-0.2, 0) is 19.2 Å². The van der Waals surface area contributed by atoms with Gasteiger partial charge in [-0.15, -0.1) is 0 Å². The lowest BCUT2D eigenvalue weighted by Crippen LogP contribution is -2.52. The van der Waals surface area contributed by atoms with Crippen molar-refractivity contribution >= 4 is 69.8 Å². The third-order valence-electron chi connectivity index (χ3n) is 3.74. The minimum Gasteiger partial charge on any atom is -0.493 e. The third kappa shape index (κ3) is 6.62. The van der Waals surface area contributed by atoms with Crippen LogP contribution >= 0.6 is 34.8 Å². The molecule has 2 amide bonds. The van der Waals surface area contributed by atoms with Crippen molar-refractivity contribution in [3.63, 3.8) is 0 Å². The van der Waals surface area contributed by atoms with E-state index in [1.807, 2.05) is 19.9 Å². The lowest BCUT2D eigenvalue weighted by Gasteiger charge is -2.31. The van der Waals surface area contributed by atoms with Gasteiger partial charge >= 0.3 is 11.9 Å². The number of nitrogens with zero attached hydrogens (tertiary/aromatic N) is 2. The molecule has 1 heterocycles. The topological polar surface area (TPSA) is 134 Å². The van der Waals surface area contributed by atoms with Gasteiger partial charge in [0.25, 0.3) is 11.8 Å². The van der Waals surface area contributed by atoms with Gasteiger partial charge in [0.2, 0.25) is 0 Å². The molecule has 10 nitrogen and oxygen atoms in total. The number of carbonyl (C=O) groups is 4. The second-order valence-electron chi connectivity index (χ2n) is 6.38. The molecule has 1 saturated heterocycles. The van der Waals surface area contributed by atoms with E-state index in [1.54, 1.807) is 33.3 Å². The standard InChI is InChI=1S/C17H19IN2O4S.C2H2O4/c1-9(2)24-14-12(18)7-10(8-13(14)23-5)6-11-15(21)19(3)17(25)20(4)16(11)22;3-1(4)2(5)6/h6-9H,1-5H3;(H,3,4)(H,5,6). The lowest BCUT2D eigenvalue weighted by atomic mass is 10.1. The number of hydrogen-bond acceptors (Lipinski definition) is 7. The van der Waals surface area contributed by atoms with Crippen molar-refractivity contribution in [2.45, 2.75) is 20.0 Å². The highest BCUT2D eigenvalue weighted by molar-refractivity contribution is 14.1. The number of methoxy groups -OCH3 is 1. The van der Waals surface area contributed by atoms with Crippen molar-refractivity contribution < 1.29 is 38.9 Å². The zero-order valence-corrected chi connectivity index (χ0v) is 20.3. The molecule has 0 spiro atoms. The summed E-state index contributed by atoms with van der Waals surface area (Å²) in [6, 6.07) is 3.57. The first-order valence-electron chi connectivity index (χ1n) is 8.63. The predicted octanol–water partition coefficient (Wildman–Crippen LogP) is 1.84. The summed E-state index contributed by atoms with van der Waals surface area (Å²) in [5.41, 5.74) is 0.720. The first-order chi connectivity index (χ1) is 14.3. The van der Waals surface area contributed by atoms with Crippen molar-refractivity contribution in [3.8, 4) is 11.5 Å². The molecule has 1 aromatic carbocycles. The molecule has 12 heteroatoms. The van der Waals surface area contributed by atoms with Gasteiger partial charge in [-0.3, -0.25) is 19.4 Å². The quantitative estimate of drug-likeness (QED) is 0.185. The Balaban J connectivity index is 0.000000703.